The molecule has 0 spiro atoms. The molecule has 4 heteroatoms. The first-order valence-electron chi connectivity index (χ1n) is 5.32. The van der Waals surface area contributed by atoms with Crippen LogP contribution in [0, 0.1) is 0 Å². The van der Waals surface area contributed by atoms with Gasteiger partial charge in [-0.1, -0.05) is 6.92 Å². The lowest BCUT2D eigenvalue weighted by Crippen LogP contribution is -2.54. The van der Waals surface area contributed by atoms with Crippen molar-refractivity contribution in [3.8, 4) is 0 Å². The molecule has 2 atom stereocenters. The van der Waals surface area contributed by atoms with Crippen molar-refractivity contribution in [3.63, 3.8) is 0 Å². The molecule has 0 saturated carbocycles. The van der Waals surface area contributed by atoms with Crippen molar-refractivity contribution in [1.29, 1.82) is 0 Å². The lowest BCUT2D eigenvalue weighted by atomic mass is 9.93. The van der Waals surface area contributed by atoms with Crippen LogP contribution >= 0.6 is 0 Å². The molecule has 1 aliphatic heterocycles. The van der Waals surface area contributed by atoms with Crippen LogP contribution in [0.5, 0.6) is 0 Å². The number of hydrogen-bond acceptors (Lipinski definition) is 3. The molecule has 1 aliphatic rings. The largest absolute Gasteiger partial charge is 0.392 e. The maximum Gasteiger partial charge on any atom is 0.240 e. The fraction of sp³-hybridized carbons (Fsp3) is 0.900. The highest BCUT2D eigenvalue weighted by atomic mass is 16.3. The van der Waals surface area contributed by atoms with Gasteiger partial charge in [0, 0.05) is 6.54 Å². The summed E-state index contributed by atoms with van der Waals surface area (Å²) in [6.45, 7) is 4.93. The van der Waals surface area contributed by atoms with E-state index in [-0.39, 0.29) is 11.4 Å². The summed E-state index contributed by atoms with van der Waals surface area (Å²) in [5.74, 6) is 0.0263. The average molecular weight is 200 g/mol. The molecule has 0 aromatic rings. The SMILES string of the molecule is CCC1(C(=O)NC[C@@H](C)O)CCCN1. The molecule has 3 N–H and O–H groups in total. The number of carbonyl (C=O) groups is 1. The Morgan fingerprint density at radius 1 is 1.71 bits per heavy atom. The molecule has 82 valence electrons. The van der Waals surface area contributed by atoms with Gasteiger partial charge in [0.2, 0.25) is 5.91 Å². The van der Waals surface area contributed by atoms with Gasteiger partial charge in [-0.05, 0) is 32.7 Å². The fourth-order valence-electron chi connectivity index (χ4n) is 1.87. The van der Waals surface area contributed by atoms with Crippen molar-refractivity contribution in [2.45, 2.75) is 44.8 Å². The Kier molecular flexibility index (Phi) is 3.89. The maximum absolute atomic E-state index is 11.8. The quantitative estimate of drug-likeness (QED) is 0.599. The summed E-state index contributed by atoms with van der Waals surface area (Å²) < 4.78 is 0. The van der Waals surface area contributed by atoms with E-state index in [2.05, 4.69) is 10.6 Å². The van der Waals surface area contributed by atoms with Crippen molar-refractivity contribution in [2.75, 3.05) is 13.1 Å². The van der Waals surface area contributed by atoms with E-state index >= 15 is 0 Å². The highest BCUT2D eigenvalue weighted by molar-refractivity contribution is 5.86. The molecule has 1 amide bonds. The molecule has 0 bridgehead atoms. The molecule has 1 saturated heterocycles. The van der Waals surface area contributed by atoms with E-state index in [0.717, 1.165) is 25.8 Å². The van der Waals surface area contributed by atoms with Crippen LogP contribution in [0.2, 0.25) is 0 Å². The van der Waals surface area contributed by atoms with Crippen molar-refractivity contribution < 1.29 is 9.90 Å². The highest BCUT2D eigenvalue weighted by Gasteiger charge is 2.38. The zero-order chi connectivity index (χ0) is 10.6. The average Bonchev–Trinajstić information content (AvgIpc) is 2.63. The number of amides is 1. The van der Waals surface area contributed by atoms with Crippen LogP contribution in [0.25, 0.3) is 0 Å². The Morgan fingerprint density at radius 2 is 2.43 bits per heavy atom. The molecule has 14 heavy (non-hydrogen) atoms. The highest BCUT2D eigenvalue weighted by Crippen LogP contribution is 2.22. The van der Waals surface area contributed by atoms with Crippen molar-refractivity contribution in [3.05, 3.63) is 0 Å². The smallest absolute Gasteiger partial charge is 0.240 e. The van der Waals surface area contributed by atoms with E-state index in [1.165, 1.54) is 0 Å². The maximum atomic E-state index is 11.8. The van der Waals surface area contributed by atoms with Gasteiger partial charge in [0.15, 0.2) is 0 Å². The molecule has 0 aromatic carbocycles. The number of hydrogen-bond donors (Lipinski definition) is 3. The third-order valence-corrected chi connectivity index (χ3v) is 2.84. The van der Waals surface area contributed by atoms with Gasteiger partial charge in [0.1, 0.15) is 0 Å². The Bertz CT molecular complexity index is 198. The molecular weight excluding hydrogens is 180 g/mol. The number of rotatable bonds is 4. The second-order valence-corrected chi connectivity index (χ2v) is 4.03. The first-order valence-corrected chi connectivity index (χ1v) is 5.32. The Balaban J connectivity index is 2.48. The van der Waals surface area contributed by atoms with Crippen LogP contribution in [-0.2, 0) is 4.79 Å². The van der Waals surface area contributed by atoms with E-state index in [1.54, 1.807) is 6.92 Å². The minimum absolute atomic E-state index is 0.0263. The van der Waals surface area contributed by atoms with Crippen LogP contribution in [0.3, 0.4) is 0 Å². The topological polar surface area (TPSA) is 61.4 Å². The molecule has 0 aromatic heterocycles. The zero-order valence-electron chi connectivity index (χ0n) is 8.97. The summed E-state index contributed by atoms with van der Waals surface area (Å²) in [5.41, 5.74) is -0.380. The molecule has 0 aliphatic carbocycles. The molecular formula is C10H20N2O2. The number of aliphatic hydroxyl groups is 1. The normalized spacial score (nSPS) is 28.8. The Hall–Kier alpha value is -0.610. The van der Waals surface area contributed by atoms with Gasteiger partial charge in [0.05, 0.1) is 11.6 Å². The van der Waals surface area contributed by atoms with Crippen LogP contribution in [0.4, 0.5) is 0 Å². The lowest BCUT2D eigenvalue weighted by molar-refractivity contribution is -0.127. The molecule has 4 nitrogen and oxygen atoms in total. The van der Waals surface area contributed by atoms with Crippen molar-refractivity contribution in [1.82, 2.24) is 10.6 Å². The van der Waals surface area contributed by atoms with E-state index in [1.807, 2.05) is 6.92 Å². The predicted octanol–water partition coefficient (Wildman–Crippen LogP) is 0.0156. The van der Waals surface area contributed by atoms with E-state index in [0.29, 0.717) is 6.54 Å². The van der Waals surface area contributed by atoms with Gasteiger partial charge in [0.25, 0.3) is 0 Å². The van der Waals surface area contributed by atoms with Crippen molar-refractivity contribution >= 4 is 5.91 Å². The monoisotopic (exact) mass is 200 g/mol. The van der Waals surface area contributed by atoms with E-state index < -0.39 is 6.10 Å². The fourth-order valence-corrected chi connectivity index (χ4v) is 1.87. The minimum Gasteiger partial charge on any atom is -0.392 e. The van der Waals surface area contributed by atoms with Crippen LogP contribution in [0.1, 0.15) is 33.1 Å². The second kappa shape index (κ2) is 4.75. The van der Waals surface area contributed by atoms with Crippen LogP contribution in [0.15, 0.2) is 0 Å². The summed E-state index contributed by atoms with van der Waals surface area (Å²) in [6.07, 6.45) is 2.28. The van der Waals surface area contributed by atoms with Gasteiger partial charge < -0.3 is 15.7 Å². The summed E-state index contributed by atoms with van der Waals surface area (Å²) in [5, 5.41) is 15.1. The number of carbonyl (C=O) groups excluding carboxylic acids is 1. The van der Waals surface area contributed by atoms with Crippen molar-refractivity contribution in [2.24, 2.45) is 0 Å². The predicted molar refractivity (Wildman–Crippen MR) is 54.9 cm³/mol. The van der Waals surface area contributed by atoms with Gasteiger partial charge in [-0.15, -0.1) is 0 Å². The van der Waals surface area contributed by atoms with Gasteiger partial charge >= 0.3 is 0 Å². The first kappa shape index (κ1) is 11.5. The summed E-state index contributed by atoms with van der Waals surface area (Å²) in [6, 6.07) is 0. The summed E-state index contributed by atoms with van der Waals surface area (Å²) in [4.78, 5) is 11.8. The standard InChI is InChI=1S/C10H20N2O2/c1-3-10(5-4-6-12-10)9(14)11-7-8(2)13/h8,12-13H,3-7H2,1-2H3,(H,11,14)/t8-,10?/m1/s1. The summed E-state index contributed by atoms with van der Waals surface area (Å²) in [7, 11) is 0. The van der Waals surface area contributed by atoms with Gasteiger partial charge in [-0.25, -0.2) is 0 Å². The molecule has 1 unspecified atom stereocenters. The van der Waals surface area contributed by atoms with Crippen LogP contribution < -0.4 is 10.6 Å². The van der Waals surface area contributed by atoms with Crippen LogP contribution in [-0.4, -0.2) is 35.7 Å². The Morgan fingerprint density at radius 3 is 2.86 bits per heavy atom. The number of aliphatic hydroxyl groups excluding tert-OH is 1. The molecule has 1 fully saturated rings. The Labute approximate surface area is 85.1 Å². The number of nitrogens with one attached hydrogen (secondary N) is 2. The lowest BCUT2D eigenvalue weighted by Gasteiger charge is -2.26. The molecule has 1 rings (SSSR count). The van der Waals surface area contributed by atoms with E-state index in [4.69, 9.17) is 5.11 Å². The first-order chi connectivity index (χ1) is 6.60. The third-order valence-electron chi connectivity index (χ3n) is 2.84. The van der Waals surface area contributed by atoms with E-state index in [9.17, 15) is 4.79 Å². The third kappa shape index (κ3) is 2.45. The molecule has 0 radical (unpaired) electrons. The zero-order valence-corrected chi connectivity index (χ0v) is 8.97. The minimum atomic E-state index is -0.478. The van der Waals surface area contributed by atoms with Gasteiger partial charge in [-0.2, -0.15) is 0 Å². The second-order valence-electron chi connectivity index (χ2n) is 4.03. The van der Waals surface area contributed by atoms with Gasteiger partial charge in [-0.3, -0.25) is 4.79 Å². The summed E-state index contributed by atoms with van der Waals surface area (Å²) >= 11 is 0. The molecule has 1 heterocycles.